The number of esters is 1. The molecule has 2 fully saturated rings. The highest BCUT2D eigenvalue weighted by Crippen LogP contribution is 2.71. The van der Waals surface area contributed by atoms with Crippen molar-refractivity contribution in [1.29, 1.82) is 0 Å². The molecule has 3 aliphatic rings. The van der Waals surface area contributed by atoms with Crippen LogP contribution in [0.5, 0.6) is 0 Å². The van der Waals surface area contributed by atoms with E-state index in [0.29, 0.717) is 30.6 Å². The van der Waals surface area contributed by atoms with E-state index < -0.39 is 12.1 Å². The van der Waals surface area contributed by atoms with Gasteiger partial charge in [0.15, 0.2) is 0 Å². The molecule has 0 amide bonds. The highest BCUT2D eigenvalue weighted by molar-refractivity contribution is 5.85. The molecule has 0 heterocycles. The van der Waals surface area contributed by atoms with Crippen molar-refractivity contribution >= 4 is 11.9 Å². The number of allylic oxidation sites excluding steroid dienone is 3. The maximum Gasteiger partial charge on any atom is 0.331 e. The third-order valence-corrected chi connectivity index (χ3v) is 10.9. The maximum absolute atomic E-state index is 12.1. The van der Waals surface area contributed by atoms with Crippen LogP contribution in [-0.4, -0.2) is 35.4 Å². The van der Waals surface area contributed by atoms with Crippen LogP contribution < -0.4 is 0 Å². The number of ether oxygens (including phenoxy) is 1. The SMILES string of the molecule is C=C(C)C1CCC2C(=CCC3(C)C(C(C)CC(O)C=C(C)C(=O)O)CCC23C)C1(C)CCC(=O)OC. The lowest BCUT2D eigenvalue weighted by molar-refractivity contribution is -0.141. The second kappa shape index (κ2) is 10.5. The molecule has 2 saturated carbocycles. The first-order valence-electron chi connectivity index (χ1n) is 13.7. The van der Waals surface area contributed by atoms with E-state index in [-0.39, 0.29) is 33.7 Å². The lowest BCUT2D eigenvalue weighted by atomic mass is 9.44. The van der Waals surface area contributed by atoms with Gasteiger partial charge >= 0.3 is 11.9 Å². The fraction of sp³-hybridized carbons (Fsp3) is 0.742. The molecule has 0 aromatic heterocycles. The number of fused-ring (bicyclic) bond motifs is 3. The van der Waals surface area contributed by atoms with Crippen molar-refractivity contribution in [3.8, 4) is 0 Å². The Hall–Kier alpha value is -1.88. The van der Waals surface area contributed by atoms with E-state index in [9.17, 15) is 19.8 Å². The molecule has 0 aromatic rings. The Bertz CT molecular complexity index is 947. The van der Waals surface area contributed by atoms with Gasteiger partial charge in [0.1, 0.15) is 0 Å². The third kappa shape index (κ3) is 4.85. The Kier molecular flexibility index (Phi) is 8.35. The molecule has 3 rings (SSSR count). The smallest absolute Gasteiger partial charge is 0.331 e. The number of rotatable bonds is 9. The second-order valence-corrected chi connectivity index (χ2v) is 12.8. The lowest BCUT2D eigenvalue weighted by Gasteiger charge is -2.60. The van der Waals surface area contributed by atoms with E-state index >= 15 is 0 Å². The summed E-state index contributed by atoms with van der Waals surface area (Å²) in [6.07, 6.45) is 10.6. The Labute approximate surface area is 218 Å². The third-order valence-electron chi connectivity index (χ3n) is 10.9. The highest BCUT2D eigenvalue weighted by Gasteiger charge is 2.63. The van der Waals surface area contributed by atoms with Crippen LogP contribution in [0.25, 0.3) is 0 Å². The molecule has 0 saturated heterocycles. The zero-order valence-electron chi connectivity index (χ0n) is 23.5. The average molecular weight is 501 g/mol. The first kappa shape index (κ1) is 28.7. The summed E-state index contributed by atoms with van der Waals surface area (Å²) in [7, 11) is 1.46. The van der Waals surface area contributed by atoms with Crippen molar-refractivity contribution < 1.29 is 24.5 Å². The van der Waals surface area contributed by atoms with Gasteiger partial charge in [0.25, 0.3) is 0 Å². The summed E-state index contributed by atoms with van der Waals surface area (Å²) in [4.78, 5) is 23.3. The standard InChI is InChI=1S/C31H48O5/c1-19(2)23-9-10-26-25(29(23,5)14-13-27(33)36-8)12-16-30(6)24(11-15-31(26,30)7)20(3)17-22(32)18-21(4)28(34)35/h12,18,20,22-24,26,32H,1,9-11,13-17H2,2-8H3,(H,34,35). The van der Waals surface area contributed by atoms with Crippen LogP contribution in [0.15, 0.2) is 35.5 Å². The molecule has 0 spiro atoms. The van der Waals surface area contributed by atoms with E-state index in [1.165, 1.54) is 31.3 Å². The summed E-state index contributed by atoms with van der Waals surface area (Å²) in [6, 6.07) is 0. The molecule has 0 radical (unpaired) electrons. The minimum Gasteiger partial charge on any atom is -0.478 e. The van der Waals surface area contributed by atoms with Crippen LogP contribution in [0.4, 0.5) is 0 Å². The number of hydrogen-bond acceptors (Lipinski definition) is 4. The van der Waals surface area contributed by atoms with Gasteiger partial charge in [0, 0.05) is 12.0 Å². The van der Waals surface area contributed by atoms with Gasteiger partial charge in [-0.3, -0.25) is 4.79 Å². The van der Waals surface area contributed by atoms with Gasteiger partial charge in [-0.05, 0) is 105 Å². The molecule has 0 aromatic carbocycles. The molecule has 36 heavy (non-hydrogen) atoms. The number of hydrogen-bond donors (Lipinski definition) is 2. The van der Waals surface area contributed by atoms with Crippen molar-refractivity contribution in [2.45, 2.75) is 99.0 Å². The number of carboxylic acid groups (broad SMARTS) is 1. The van der Waals surface area contributed by atoms with Gasteiger partial charge < -0.3 is 14.9 Å². The zero-order chi connectivity index (χ0) is 27.1. The Morgan fingerprint density at radius 3 is 2.44 bits per heavy atom. The van der Waals surface area contributed by atoms with Crippen LogP contribution in [0.3, 0.4) is 0 Å². The van der Waals surface area contributed by atoms with E-state index in [2.05, 4.69) is 47.3 Å². The topological polar surface area (TPSA) is 83.8 Å². The summed E-state index contributed by atoms with van der Waals surface area (Å²) < 4.78 is 4.99. The number of aliphatic hydroxyl groups excluding tert-OH is 1. The fourth-order valence-electron chi connectivity index (χ4n) is 8.66. The number of methoxy groups -OCH3 is 1. The van der Waals surface area contributed by atoms with E-state index in [1.54, 1.807) is 0 Å². The quantitative estimate of drug-likeness (QED) is 0.209. The highest BCUT2D eigenvalue weighted by atomic mass is 16.5. The number of aliphatic carboxylic acids is 1. The normalized spacial score (nSPS) is 37.8. The Morgan fingerprint density at radius 1 is 1.19 bits per heavy atom. The van der Waals surface area contributed by atoms with Crippen molar-refractivity contribution in [3.63, 3.8) is 0 Å². The molecular weight excluding hydrogens is 452 g/mol. The first-order valence-corrected chi connectivity index (χ1v) is 13.7. The van der Waals surface area contributed by atoms with Crippen molar-refractivity contribution in [3.05, 3.63) is 35.5 Å². The summed E-state index contributed by atoms with van der Waals surface area (Å²) in [6.45, 7) is 17.5. The molecule has 5 nitrogen and oxygen atoms in total. The van der Waals surface area contributed by atoms with Crippen LogP contribution >= 0.6 is 0 Å². The fourth-order valence-corrected chi connectivity index (χ4v) is 8.66. The molecular formula is C31H48O5. The monoisotopic (exact) mass is 500 g/mol. The summed E-state index contributed by atoms with van der Waals surface area (Å²) in [5.74, 6) is 0.476. The predicted octanol–water partition coefficient (Wildman–Crippen LogP) is 6.72. The number of carbonyl (C=O) groups excluding carboxylic acids is 1. The van der Waals surface area contributed by atoms with Crippen molar-refractivity contribution in [2.75, 3.05) is 7.11 Å². The molecule has 0 bridgehead atoms. The maximum atomic E-state index is 12.1. The van der Waals surface area contributed by atoms with Crippen molar-refractivity contribution in [1.82, 2.24) is 0 Å². The second-order valence-electron chi connectivity index (χ2n) is 12.8. The van der Waals surface area contributed by atoms with E-state index in [0.717, 1.165) is 38.5 Å². The van der Waals surface area contributed by atoms with Gasteiger partial charge in [-0.1, -0.05) is 51.5 Å². The van der Waals surface area contributed by atoms with Gasteiger partial charge in [-0.25, -0.2) is 4.79 Å². The van der Waals surface area contributed by atoms with Crippen LogP contribution in [0, 0.1) is 39.9 Å². The zero-order valence-corrected chi connectivity index (χ0v) is 23.5. The number of aliphatic hydroxyl groups is 1. The van der Waals surface area contributed by atoms with Gasteiger partial charge in [0.2, 0.25) is 0 Å². The van der Waals surface area contributed by atoms with Crippen LogP contribution in [-0.2, 0) is 14.3 Å². The van der Waals surface area contributed by atoms with E-state index in [1.807, 2.05) is 0 Å². The summed E-state index contributed by atoms with van der Waals surface area (Å²) >= 11 is 0. The molecule has 0 aliphatic heterocycles. The predicted molar refractivity (Wildman–Crippen MR) is 143 cm³/mol. The van der Waals surface area contributed by atoms with E-state index in [4.69, 9.17) is 4.74 Å². The Morgan fingerprint density at radius 2 is 1.86 bits per heavy atom. The molecule has 202 valence electrons. The minimum atomic E-state index is -0.979. The minimum absolute atomic E-state index is 0.0909. The van der Waals surface area contributed by atoms with Crippen LogP contribution in [0.1, 0.15) is 92.9 Å². The Balaban J connectivity index is 1.91. The molecule has 8 unspecified atom stereocenters. The van der Waals surface area contributed by atoms with Gasteiger partial charge in [0.05, 0.1) is 13.2 Å². The lowest BCUT2D eigenvalue weighted by Crippen LogP contribution is -2.52. The van der Waals surface area contributed by atoms with Gasteiger partial charge in [-0.2, -0.15) is 0 Å². The van der Waals surface area contributed by atoms with Crippen LogP contribution in [0.2, 0.25) is 0 Å². The molecule has 2 N–H and O–H groups in total. The molecule has 3 aliphatic carbocycles. The molecule has 8 atom stereocenters. The first-order chi connectivity index (χ1) is 16.7. The summed E-state index contributed by atoms with van der Waals surface area (Å²) in [5.41, 5.74) is 3.11. The average Bonchev–Trinajstić information content (AvgIpc) is 3.08. The largest absolute Gasteiger partial charge is 0.478 e. The summed E-state index contributed by atoms with van der Waals surface area (Å²) in [5, 5.41) is 19.8. The molecule has 5 heteroatoms. The number of carbonyl (C=O) groups is 2. The van der Waals surface area contributed by atoms with Gasteiger partial charge in [-0.15, -0.1) is 0 Å². The van der Waals surface area contributed by atoms with Crippen molar-refractivity contribution in [2.24, 2.45) is 39.9 Å². The number of carboxylic acids is 1.